The third kappa shape index (κ3) is 4.29. The van der Waals surface area contributed by atoms with E-state index in [2.05, 4.69) is 0 Å². The second-order valence-corrected chi connectivity index (χ2v) is 6.42. The molecule has 0 aromatic rings. The van der Waals surface area contributed by atoms with Gasteiger partial charge in [-0.3, -0.25) is 0 Å². The van der Waals surface area contributed by atoms with Crippen LogP contribution in [0.1, 0.15) is 25.7 Å². The lowest BCUT2D eigenvalue weighted by molar-refractivity contribution is 0.0548. The molecule has 1 aliphatic rings. The third-order valence-electron chi connectivity index (χ3n) is 2.50. The quantitative estimate of drug-likeness (QED) is 0.689. The van der Waals surface area contributed by atoms with Crippen molar-refractivity contribution in [3.8, 4) is 0 Å². The van der Waals surface area contributed by atoms with E-state index in [9.17, 15) is 8.42 Å². The molecule has 1 aliphatic carbocycles. The van der Waals surface area contributed by atoms with Gasteiger partial charge in [0.1, 0.15) is 0 Å². The number of hydrogen-bond acceptors (Lipinski definition) is 3. The minimum absolute atomic E-state index is 0.0917. The van der Waals surface area contributed by atoms with Gasteiger partial charge in [-0.25, -0.2) is 8.42 Å². The second-order valence-electron chi connectivity index (χ2n) is 3.60. The summed E-state index contributed by atoms with van der Waals surface area (Å²) in [6, 6.07) is 0. The van der Waals surface area contributed by atoms with Crippen molar-refractivity contribution in [2.24, 2.45) is 5.92 Å². The van der Waals surface area contributed by atoms with Crippen LogP contribution in [0.25, 0.3) is 0 Å². The van der Waals surface area contributed by atoms with E-state index in [4.69, 9.17) is 15.4 Å². The Balaban J connectivity index is 2.43. The Morgan fingerprint density at radius 2 is 2.15 bits per heavy atom. The van der Waals surface area contributed by atoms with Gasteiger partial charge in [0, 0.05) is 17.8 Å². The summed E-state index contributed by atoms with van der Waals surface area (Å²) in [5.41, 5.74) is 0. The predicted molar refractivity (Wildman–Crippen MR) is 52.4 cm³/mol. The average molecular weight is 227 g/mol. The summed E-state index contributed by atoms with van der Waals surface area (Å²) < 4.78 is 26.8. The Morgan fingerprint density at radius 3 is 2.69 bits per heavy atom. The highest BCUT2D eigenvalue weighted by Crippen LogP contribution is 2.27. The summed E-state index contributed by atoms with van der Waals surface area (Å²) >= 11 is 0. The van der Waals surface area contributed by atoms with Gasteiger partial charge in [0.25, 0.3) is 0 Å². The minimum atomic E-state index is -3.34. The highest BCUT2D eigenvalue weighted by molar-refractivity contribution is 8.13. The van der Waals surface area contributed by atoms with Gasteiger partial charge < -0.3 is 4.74 Å². The second kappa shape index (κ2) is 4.62. The van der Waals surface area contributed by atoms with Gasteiger partial charge in [0.2, 0.25) is 9.05 Å². The van der Waals surface area contributed by atoms with E-state index < -0.39 is 9.05 Å². The molecular weight excluding hydrogens is 212 g/mol. The van der Waals surface area contributed by atoms with Gasteiger partial charge >= 0.3 is 0 Å². The van der Waals surface area contributed by atoms with Crippen molar-refractivity contribution >= 4 is 19.7 Å². The lowest BCUT2D eigenvalue weighted by atomic mass is 9.88. The molecule has 1 saturated carbocycles. The van der Waals surface area contributed by atoms with Crippen molar-refractivity contribution in [1.82, 2.24) is 0 Å². The predicted octanol–water partition coefficient (Wildman–Crippen LogP) is 1.76. The summed E-state index contributed by atoms with van der Waals surface area (Å²) in [4.78, 5) is 0. The van der Waals surface area contributed by atoms with Gasteiger partial charge in [-0.1, -0.05) is 6.42 Å². The molecule has 13 heavy (non-hydrogen) atoms. The molecule has 0 aromatic heterocycles. The van der Waals surface area contributed by atoms with Crippen LogP contribution >= 0.6 is 10.7 Å². The Labute approximate surface area is 83.8 Å². The zero-order valence-corrected chi connectivity index (χ0v) is 9.27. The molecule has 5 heteroatoms. The fourth-order valence-corrected chi connectivity index (χ4v) is 3.29. The molecule has 0 amide bonds. The van der Waals surface area contributed by atoms with E-state index in [1.807, 2.05) is 0 Å². The monoisotopic (exact) mass is 226 g/mol. The molecule has 3 nitrogen and oxygen atoms in total. The average Bonchev–Trinajstić information content (AvgIpc) is 2.01. The molecule has 2 atom stereocenters. The first kappa shape index (κ1) is 11.3. The molecule has 0 spiro atoms. The topological polar surface area (TPSA) is 43.4 Å². The van der Waals surface area contributed by atoms with E-state index in [-0.39, 0.29) is 17.8 Å². The first-order valence-corrected chi connectivity index (χ1v) is 6.94. The van der Waals surface area contributed by atoms with Crippen LogP contribution in [0.4, 0.5) is 0 Å². The maximum atomic E-state index is 10.8. The molecule has 0 saturated heterocycles. The lowest BCUT2D eigenvalue weighted by Crippen LogP contribution is -2.25. The van der Waals surface area contributed by atoms with Crippen LogP contribution in [0, 0.1) is 5.92 Å². The number of rotatable bonds is 3. The van der Waals surface area contributed by atoms with Crippen LogP contribution in [0.2, 0.25) is 0 Å². The van der Waals surface area contributed by atoms with E-state index in [1.54, 1.807) is 7.11 Å². The molecule has 0 heterocycles. The number of ether oxygens (including phenoxy) is 1. The van der Waals surface area contributed by atoms with Crippen LogP contribution in [-0.2, 0) is 13.8 Å². The maximum absolute atomic E-state index is 10.8. The summed E-state index contributed by atoms with van der Waals surface area (Å²) in [6.45, 7) is 0. The first-order valence-electron chi connectivity index (χ1n) is 4.46. The minimum Gasteiger partial charge on any atom is -0.381 e. The van der Waals surface area contributed by atoms with Gasteiger partial charge in [0.15, 0.2) is 0 Å². The fourth-order valence-electron chi connectivity index (χ4n) is 1.89. The standard InChI is InChI=1S/C8H15ClO3S/c1-12-8-4-2-3-7(5-8)6-13(9,10)11/h7-8H,2-6H2,1H3. The molecular formula is C8H15ClO3S. The first-order chi connectivity index (χ1) is 6.01. The Bertz CT molecular complexity index is 250. The molecule has 0 N–H and O–H groups in total. The summed E-state index contributed by atoms with van der Waals surface area (Å²) in [5.74, 6) is 0.273. The highest BCUT2D eigenvalue weighted by Gasteiger charge is 2.25. The normalized spacial score (nSPS) is 30.3. The van der Waals surface area contributed by atoms with Crippen molar-refractivity contribution in [3.05, 3.63) is 0 Å². The van der Waals surface area contributed by atoms with Gasteiger partial charge in [-0.15, -0.1) is 0 Å². The van der Waals surface area contributed by atoms with Crippen molar-refractivity contribution in [2.75, 3.05) is 12.9 Å². The summed E-state index contributed by atoms with van der Waals surface area (Å²) in [5, 5.41) is 0. The van der Waals surface area contributed by atoms with Crippen molar-refractivity contribution in [3.63, 3.8) is 0 Å². The maximum Gasteiger partial charge on any atom is 0.232 e. The number of halogens is 1. The SMILES string of the molecule is COC1CCCC(CS(=O)(=O)Cl)C1. The zero-order valence-electron chi connectivity index (χ0n) is 7.70. The summed E-state index contributed by atoms with van der Waals surface area (Å²) in [6.07, 6.45) is 4.07. The molecule has 0 bridgehead atoms. The smallest absolute Gasteiger partial charge is 0.232 e. The molecule has 1 rings (SSSR count). The van der Waals surface area contributed by atoms with Gasteiger partial charge in [-0.05, 0) is 25.2 Å². The van der Waals surface area contributed by atoms with Crippen LogP contribution in [0.5, 0.6) is 0 Å². The van der Waals surface area contributed by atoms with Crippen LogP contribution in [-0.4, -0.2) is 27.4 Å². The van der Waals surface area contributed by atoms with Gasteiger partial charge in [-0.2, -0.15) is 0 Å². The zero-order chi connectivity index (χ0) is 9.90. The van der Waals surface area contributed by atoms with Gasteiger partial charge in [0.05, 0.1) is 11.9 Å². The van der Waals surface area contributed by atoms with E-state index in [0.717, 1.165) is 25.7 Å². The summed E-state index contributed by atoms with van der Waals surface area (Å²) in [7, 11) is 3.52. The van der Waals surface area contributed by atoms with Crippen LogP contribution < -0.4 is 0 Å². The highest BCUT2D eigenvalue weighted by atomic mass is 35.7. The van der Waals surface area contributed by atoms with Crippen molar-refractivity contribution in [1.29, 1.82) is 0 Å². The molecule has 0 radical (unpaired) electrons. The number of methoxy groups -OCH3 is 1. The molecule has 0 aromatic carbocycles. The molecule has 0 aliphatic heterocycles. The van der Waals surface area contributed by atoms with E-state index in [1.165, 1.54) is 0 Å². The van der Waals surface area contributed by atoms with E-state index in [0.29, 0.717) is 0 Å². The molecule has 2 unspecified atom stereocenters. The largest absolute Gasteiger partial charge is 0.381 e. The molecule has 78 valence electrons. The lowest BCUT2D eigenvalue weighted by Gasteiger charge is -2.27. The van der Waals surface area contributed by atoms with E-state index >= 15 is 0 Å². The Kier molecular flexibility index (Phi) is 4.01. The van der Waals surface area contributed by atoms with Crippen molar-refractivity contribution in [2.45, 2.75) is 31.8 Å². The number of hydrogen-bond donors (Lipinski definition) is 0. The Hall–Kier alpha value is 0.200. The van der Waals surface area contributed by atoms with Crippen molar-refractivity contribution < 1.29 is 13.2 Å². The van der Waals surface area contributed by atoms with Crippen LogP contribution in [0.15, 0.2) is 0 Å². The molecule has 1 fully saturated rings. The van der Waals surface area contributed by atoms with Crippen LogP contribution in [0.3, 0.4) is 0 Å². The Morgan fingerprint density at radius 1 is 1.46 bits per heavy atom. The third-order valence-corrected chi connectivity index (χ3v) is 3.75. The fraction of sp³-hybridized carbons (Fsp3) is 1.00.